The number of nitrogens with zero attached hydrogens (tertiary/aromatic N) is 5. The lowest BCUT2D eigenvalue weighted by Crippen LogP contribution is -1.93. The number of nitriles is 1. The van der Waals surface area contributed by atoms with Gasteiger partial charge in [-0.2, -0.15) is 15.3 Å². The van der Waals surface area contributed by atoms with Gasteiger partial charge in [0.1, 0.15) is 17.3 Å². The molecule has 0 saturated carbocycles. The molecule has 0 aliphatic carbocycles. The van der Waals surface area contributed by atoms with E-state index in [-0.39, 0.29) is 5.82 Å². The van der Waals surface area contributed by atoms with Crippen molar-refractivity contribution >= 4 is 23.0 Å². The van der Waals surface area contributed by atoms with Crippen LogP contribution in [0.25, 0.3) is 27.9 Å². The monoisotopic (exact) mass is 359 g/mol. The second-order valence-electron chi connectivity index (χ2n) is 5.50. The van der Waals surface area contributed by atoms with Crippen molar-refractivity contribution < 1.29 is 4.52 Å². The number of allylic oxidation sites excluding steroid dienone is 1. The first-order chi connectivity index (χ1) is 12.7. The molecule has 0 aliphatic heterocycles. The number of hydrogen-bond donors (Lipinski definition) is 0. The molecule has 3 aromatic heterocycles. The van der Waals surface area contributed by atoms with E-state index in [1.54, 1.807) is 29.0 Å². The van der Waals surface area contributed by atoms with E-state index in [1.165, 1.54) is 0 Å². The molecule has 0 atom stereocenters. The van der Waals surface area contributed by atoms with Gasteiger partial charge in [-0.3, -0.25) is 0 Å². The van der Waals surface area contributed by atoms with Gasteiger partial charge in [0, 0.05) is 18.7 Å². The van der Waals surface area contributed by atoms with Crippen molar-refractivity contribution in [2.45, 2.75) is 6.92 Å². The highest BCUT2D eigenvalue weighted by Crippen LogP contribution is 2.30. The molecule has 7 heteroatoms. The maximum absolute atomic E-state index is 9.53. The quantitative estimate of drug-likeness (QED) is 0.506. The highest BCUT2D eigenvalue weighted by atomic mass is 32.1. The van der Waals surface area contributed by atoms with Crippen LogP contribution in [0, 0.1) is 18.3 Å². The summed E-state index contributed by atoms with van der Waals surface area (Å²) in [6.07, 6.45) is 3.64. The Labute approximate surface area is 153 Å². The average molecular weight is 359 g/mol. The van der Waals surface area contributed by atoms with Crippen LogP contribution in [0.15, 0.2) is 58.6 Å². The summed E-state index contributed by atoms with van der Waals surface area (Å²) in [6.45, 7) is 1.69. The van der Waals surface area contributed by atoms with Crippen LogP contribution in [-0.2, 0) is 0 Å². The van der Waals surface area contributed by atoms with Crippen molar-refractivity contribution in [1.29, 1.82) is 5.26 Å². The number of thiophene rings is 1. The van der Waals surface area contributed by atoms with E-state index in [0.29, 0.717) is 11.5 Å². The zero-order valence-corrected chi connectivity index (χ0v) is 14.6. The Morgan fingerprint density at radius 1 is 1.23 bits per heavy atom. The summed E-state index contributed by atoms with van der Waals surface area (Å²) in [5.41, 5.74) is 2.89. The molecular weight excluding hydrogens is 346 g/mol. The summed E-state index contributed by atoms with van der Waals surface area (Å²) in [6, 6.07) is 16.0. The lowest BCUT2D eigenvalue weighted by Gasteiger charge is -1.99. The molecule has 0 radical (unpaired) electrons. The zero-order chi connectivity index (χ0) is 17.9. The van der Waals surface area contributed by atoms with Crippen LogP contribution >= 0.6 is 11.3 Å². The van der Waals surface area contributed by atoms with Gasteiger partial charge >= 0.3 is 0 Å². The second kappa shape index (κ2) is 6.78. The molecule has 0 N–H and O–H groups in total. The number of rotatable bonds is 4. The third-order valence-corrected chi connectivity index (χ3v) is 4.58. The van der Waals surface area contributed by atoms with Crippen molar-refractivity contribution in [1.82, 2.24) is 19.9 Å². The van der Waals surface area contributed by atoms with Crippen LogP contribution in [0.4, 0.5) is 0 Å². The van der Waals surface area contributed by atoms with Crippen LogP contribution in [-0.4, -0.2) is 19.9 Å². The molecule has 1 aromatic carbocycles. The molecule has 26 heavy (non-hydrogen) atoms. The molecule has 0 saturated heterocycles. The van der Waals surface area contributed by atoms with Gasteiger partial charge in [-0.25, -0.2) is 4.68 Å². The fourth-order valence-electron chi connectivity index (χ4n) is 2.52. The molecule has 0 spiro atoms. The Bertz CT molecular complexity index is 1100. The van der Waals surface area contributed by atoms with E-state index in [1.807, 2.05) is 54.0 Å². The highest BCUT2D eigenvalue weighted by Gasteiger charge is 2.15. The SMILES string of the molecule is Cc1nc(/C(C#N)=C/c2cn(-c3ccccc3)nc2-c2cccs2)no1. The Morgan fingerprint density at radius 3 is 2.73 bits per heavy atom. The normalized spacial score (nSPS) is 11.5. The van der Waals surface area contributed by atoms with Crippen molar-refractivity contribution in [2.24, 2.45) is 0 Å². The van der Waals surface area contributed by atoms with E-state index < -0.39 is 0 Å². The average Bonchev–Trinajstić information content (AvgIpc) is 3.41. The minimum absolute atomic E-state index is 0.273. The van der Waals surface area contributed by atoms with Crippen molar-refractivity contribution in [3.05, 3.63) is 71.3 Å². The summed E-state index contributed by atoms with van der Waals surface area (Å²) in [5.74, 6) is 0.689. The van der Waals surface area contributed by atoms with Gasteiger partial charge in [0.05, 0.1) is 10.6 Å². The minimum atomic E-state index is 0.273. The van der Waals surface area contributed by atoms with Crippen LogP contribution in [0.3, 0.4) is 0 Å². The standard InChI is InChI=1S/C19H13N5OS/c1-13-21-19(23-25-13)14(11-20)10-15-12-24(16-6-3-2-4-7-16)22-18(15)17-8-5-9-26-17/h2-10,12H,1H3/b14-10+. The first kappa shape index (κ1) is 16.0. The molecule has 0 unspecified atom stereocenters. The van der Waals surface area contributed by atoms with E-state index in [0.717, 1.165) is 21.8 Å². The Balaban J connectivity index is 1.85. The number of benzene rings is 1. The van der Waals surface area contributed by atoms with E-state index >= 15 is 0 Å². The number of aryl methyl sites for hydroxylation is 1. The Hall–Kier alpha value is -3.50. The van der Waals surface area contributed by atoms with Gasteiger partial charge in [0.25, 0.3) is 0 Å². The number of hydrogen-bond acceptors (Lipinski definition) is 6. The van der Waals surface area contributed by atoms with Gasteiger partial charge in [-0.15, -0.1) is 11.3 Å². The predicted octanol–water partition coefficient (Wildman–Crippen LogP) is 4.36. The third kappa shape index (κ3) is 3.06. The summed E-state index contributed by atoms with van der Waals surface area (Å²) in [5, 5.41) is 20.1. The Kier molecular flexibility index (Phi) is 4.17. The molecule has 0 bridgehead atoms. The fourth-order valence-corrected chi connectivity index (χ4v) is 3.25. The Morgan fingerprint density at radius 2 is 2.08 bits per heavy atom. The predicted molar refractivity (Wildman–Crippen MR) is 99.4 cm³/mol. The second-order valence-corrected chi connectivity index (χ2v) is 6.44. The van der Waals surface area contributed by atoms with E-state index in [4.69, 9.17) is 9.62 Å². The van der Waals surface area contributed by atoms with Crippen LogP contribution < -0.4 is 0 Å². The molecule has 0 amide bonds. The fraction of sp³-hybridized carbons (Fsp3) is 0.0526. The molecule has 4 aromatic rings. The molecule has 3 heterocycles. The lowest BCUT2D eigenvalue weighted by molar-refractivity contribution is 0.391. The molecule has 126 valence electrons. The molecular formula is C19H13N5OS. The largest absolute Gasteiger partial charge is 0.339 e. The zero-order valence-electron chi connectivity index (χ0n) is 13.8. The van der Waals surface area contributed by atoms with Crippen molar-refractivity contribution in [3.63, 3.8) is 0 Å². The number of para-hydroxylation sites is 1. The smallest absolute Gasteiger partial charge is 0.223 e. The molecule has 0 aliphatic rings. The molecule has 6 nitrogen and oxygen atoms in total. The van der Waals surface area contributed by atoms with Crippen molar-refractivity contribution in [3.8, 4) is 22.3 Å². The van der Waals surface area contributed by atoms with E-state index in [2.05, 4.69) is 16.2 Å². The third-order valence-electron chi connectivity index (χ3n) is 3.71. The molecule has 0 fully saturated rings. The number of aromatic nitrogens is 4. The highest BCUT2D eigenvalue weighted by molar-refractivity contribution is 7.13. The van der Waals surface area contributed by atoms with Crippen LogP contribution in [0.5, 0.6) is 0 Å². The summed E-state index contributed by atoms with van der Waals surface area (Å²) in [7, 11) is 0. The first-order valence-electron chi connectivity index (χ1n) is 7.86. The topological polar surface area (TPSA) is 80.5 Å². The minimum Gasteiger partial charge on any atom is -0.339 e. The van der Waals surface area contributed by atoms with Gasteiger partial charge in [-0.05, 0) is 29.7 Å². The van der Waals surface area contributed by atoms with Crippen LogP contribution in [0.1, 0.15) is 17.3 Å². The van der Waals surface area contributed by atoms with E-state index in [9.17, 15) is 5.26 Å². The summed E-state index contributed by atoms with van der Waals surface area (Å²) < 4.78 is 6.79. The van der Waals surface area contributed by atoms with Gasteiger partial charge in [0.2, 0.25) is 11.7 Å². The maximum atomic E-state index is 9.53. The summed E-state index contributed by atoms with van der Waals surface area (Å²) in [4.78, 5) is 5.16. The van der Waals surface area contributed by atoms with Gasteiger partial charge in [-0.1, -0.05) is 29.4 Å². The van der Waals surface area contributed by atoms with Crippen molar-refractivity contribution in [2.75, 3.05) is 0 Å². The lowest BCUT2D eigenvalue weighted by atomic mass is 10.1. The maximum Gasteiger partial charge on any atom is 0.223 e. The first-order valence-corrected chi connectivity index (χ1v) is 8.74. The van der Waals surface area contributed by atoms with Gasteiger partial charge < -0.3 is 4.52 Å². The van der Waals surface area contributed by atoms with Crippen LogP contribution in [0.2, 0.25) is 0 Å². The molecule has 4 rings (SSSR count). The summed E-state index contributed by atoms with van der Waals surface area (Å²) >= 11 is 1.60. The van der Waals surface area contributed by atoms with Gasteiger partial charge in [0.15, 0.2) is 0 Å².